The number of carbonyl (C=O) groups is 2. The van der Waals surface area contributed by atoms with Gasteiger partial charge < -0.3 is 20.8 Å². The molecule has 0 heterocycles. The third-order valence-electron chi connectivity index (χ3n) is 2.07. The lowest BCUT2D eigenvalue weighted by atomic mass is 10.2. The van der Waals surface area contributed by atoms with Gasteiger partial charge in [-0.25, -0.2) is 9.59 Å². The molecule has 0 saturated heterocycles. The molecule has 2 amide bonds. The fourth-order valence-corrected chi connectivity index (χ4v) is 1.14. The molecule has 0 aliphatic rings. The number of nitrogens with one attached hydrogen (secondary N) is 2. The van der Waals surface area contributed by atoms with Crippen LogP contribution in [0.2, 0.25) is 0 Å². The number of carbonyl (C=O) groups excluding carboxylic acids is 1. The van der Waals surface area contributed by atoms with E-state index in [4.69, 9.17) is 16.6 Å². The van der Waals surface area contributed by atoms with Gasteiger partial charge in [-0.05, 0) is 6.42 Å². The number of amides is 2. The number of carboxylic acids is 1. The van der Waals surface area contributed by atoms with Crippen molar-refractivity contribution < 1.29 is 19.8 Å². The third-order valence-corrected chi connectivity index (χ3v) is 2.07. The Hall–Kier alpha value is -1.74. The maximum Gasteiger partial charge on any atom is 0.332 e. The van der Waals surface area contributed by atoms with Gasteiger partial charge in [-0.2, -0.15) is 0 Å². The van der Waals surface area contributed by atoms with Gasteiger partial charge in [0.1, 0.15) is 0 Å². The largest absolute Gasteiger partial charge is 0.479 e. The van der Waals surface area contributed by atoms with Crippen LogP contribution in [0.5, 0.6) is 0 Å². The molecule has 0 rings (SSSR count). The molecule has 4 N–H and O–H groups in total. The summed E-state index contributed by atoms with van der Waals surface area (Å²) in [6.07, 6.45) is 5.24. The average Bonchev–Trinajstić information content (AvgIpc) is 2.28. The second-order valence-corrected chi connectivity index (χ2v) is 3.55. The van der Waals surface area contributed by atoms with Crippen LogP contribution in [0.15, 0.2) is 0 Å². The lowest BCUT2D eigenvalue weighted by Crippen LogP contribution is -2.42. The summed E-state index contributed by atoms with van der Waals surface area (Å²) in [7, 11) is 0. The summed E-state index contributed by atoms with van der Waals surface area (Å²) < 4.78 is 0. The molecule has 2 atom stereocenters. The molecule has 0 radical (unpaired) electrons. The summed E-state index contributed by atoms with van der Waals surface area (Å²) in [5.74, 6) is 1.13. The standard InChI is InChI=1S/C11H18N2O4/c1-3-5-8(4-2)13-11(17)12-7-6-9(14)10(15)16/h2,8-9,14H,3,5-7H2,1H3,(H,15,16)(H2,12,13,17)/t8?,9-/m0/s1. The Kier molecular flexibility index (Phi) is 7.55. The van der Waals surface area contributed by atoms with Gasteiger partial charge in [0.25, 0.3) is 0 Å². The van der Waals surface area contributed by atoms with E-state index in [0.717, 1.165) is 6.42 Å². The second kappa shape index (κ2) is 8.42. The number of aliphatic hydroxyl groups is 1. The number of rotatable bonds is 7. The van der Waals surface area contributed by atoms with Crippen LogP contribution >= 0.6 is 0 Å². The fraction of sp³-hybridized carbons (Fsp3) is 0.636. The number of urea groups is 1. The molecule has 0 aromatic heterocycles. The minimum absolute atomic E-state index is 0.0444. The summed E-state index contributed by atoms with van der Waals surface area (Å²) in [6.45, 7) is 2.02. The van der Waals surface area contributed by atoms with Gasteiger partial charge in [0.2, 0.25) is 0 Å². The molecule has 96 valence electrons. The zero-order valence-corrected chi connectivity index (χ0v) is 9.77. The van der Waals surface area contributed by atoms with Crippen LogP contribution in [0.4, 0.5) is 4.79 Å². The predicted molar refractivity (Wildman–Crippen MR) is 62.3 cm³/mol. The van der Waals surface area contributed by atoms with Gasteiger partial charge in [-0.15, -0.1) is 6.42 Å². The lowest BCUT2D eigenvalue weighted by molar-refractivity contribution is -0.146. The Bertz CT molecular complexity index is 298. The number of terminal acetylenes is 1. The minimum Gasteiger partial charge on any atom is -0.479 e. The first-order chi connectivity index (χ1) is 8.01. The van der Waals surface area contributed by atoms with E-state index >= 15 is 0 Å². The third kappa shape index (κ3) is 7.19. The molecule has 0 spiro atoms. The van der Waals surface area contributed by atoms with Crippen LogP contribution in [-0.2, 0) is 4.79 Å². The van der Waals surface area contributed by atoms with E-state index in [1.165, 1.54) is 0 Å². The Labute approximate surface area is 100 Å². The van der Waals surface area contributed by atoms with Crippen molar-refractivity contribution in [3.05, 3.63) is 0 Å². The van der Waals surface area contributed by atoms with Crippen molar-refractivity contribution >= 4 is 12.0 Å². The predicted octanol–water partition coefficient (Wildman–Crippen LogP) is -0.0769. The van der Waals surface area contributed by atoms with Crippen LogP contribution < -0.4 is 10.6 Å². The monoisotopic (exact) mass is 242 g/mol. The van der Waals surface area contributed by atoms with Crippen molar-refractivity contribution in [3.63, 3.8) is 0 Å². The average molecular weight is 242 g/mol. The van der Waals surface area contributed by atoms with E-state index in [9.17, 15) is 9.59 Å². The number of hydrogen-bond donors (Lipinski definition) is 4. The summed E-state index contributed by atoms with van der Waals surface area (Å²) in [6, 6.07) is -0.789. The van der Waals surface area contributed by atoms with Gasteiger partial charge in [-0.1, -0.05) is 19.3 Å². The molecule has 6 heteroatoms. The van der Waals surface area contributed by atoms with Gasteiger partial charge in [0.05, 0.1) is 6.04 Å². The summed E-state index contributed by atoms with van der Waals surface area (Å²) in [5, 5.41) is 22.3. The smallest absolute Gasteiger partial charge is 0.332 e. The molecular weight excluding hydrogens is 224 g/mol. The second-order valence-electron chi connectivity index (χ2n) is 3.55. The SMILES string of the molecule is C#CC(CCC)NC(=O)NCC[C@H](O)C(=O)O. The van der Waals surface area contributed by atoms with E-state index < -0.39 is 18.1 Å². The normalized spacial score (nSPS) is 13.2. The first-order valence-corrected chi connectivity index (χ1v) is 5.42. The van der Waals surface area contributed by atoms with Crippen molar-refractivity contribution in [2.24, 2.45) is 0 Å². The molecule has 0 fully saturated rings. The summed E-state index contributed by atoms with van der Waals surface area (Å²) in [5.41, 5.74) is 0. The number of aliphatic carboxylic acids is 1. The first-order valence-electron chi connectivity index (χ1n) is 5.42. The van der Waals surface area contributed by atoms with E-state index in [1.54, 1.807) is 0 Å². The zero-order chi connectivity index (χ0) is 13.3. The van der Waals surface area contributed by atoms with Crippen LogP contribution in [0, 0.1) is 12.3 Å². The quantitative estimate of drug-likeness (QED) is 0.469. The molecule has 0 aromatic rings. The molecule has 0 saturated carbocycles. The van der Waals surface area contributed by atoms with Crippen LogP contribution in [-0.4, -0.2) is 40.9 Å². The van der Waals surface area contributed by atoms with Gasteiger partial charge in [0, 0.05) is 13.0 Å². The Balaban J connectivity index is 3.80. The number of carboxylic acid groups (broad SMARTS) is 1. The summed E-state index contributed by atoms with van der Waals surface area (Å²) >= 11 is 0. The molecule has 0 aromatic carbocycles. The van der Waals surface area contributed by atoms with E-state index in [1.807, 2.05) is 6.92 Å². The van der Waals surface area contributed by atoms with Gasteiger partial charge in [0.15, 0.2) is 6.10 Å². The molecule has 17 heavy (non-hydrogen) atoms. The van der Waals surface area contributed by atoms with E-state index in [-0.39, 0.29) is 19.0 Å². The maximum atomic E-state index is 11.3. The molecular formula is C11H18N2O4. The van der Waals surface area contributed by atoms with Gasteiger partial charge >= 0.3 is 12.0 Å². The highest BCUT2D eigenvalue weighted by Crippen LogP contribution is 1.94. The van der Waals surface area contributed by atoms with Crippen molar-refractivity contribution in [3.8, 4) is 12.3 Å². The van der Waals surface area contributed by atoms with Gasteiger partial charge in [-0.3, -0.25) is 0 Å². The van der Waals surface area contributed by atoms with Crippen LogP contribution in [0.1, 0.15) is 26.2 Å². The highest BCUT2D eigenvalue weighted by molar-refractivity contribution is 5.75. The van der Waals surface area contributed by atoms with E-state index in [0.29, 0.717) is 6.42 Å². The molecule has 0 aliphatic carbocycles. The van der Waals surface area contributed by atoms with E-state index in [2.05, 4.69) is 16.6 Å². The Morgan fingerprint density at radius 1 is 1.41 bits per heavy atom. The van der Waals surface area contributed by atoms with Crippen molar-refractivity contribution in [2.45, 2.75) is 38.3 Å². The van der Waals surface area contributed by atoms with Crippen LogP contribution in [0.3, 0.4) is 0 Å². The number of aliphatic hydroxyl groups excluding tert-OH is 1. The summed E-state index contributed by atoms with van der Waals surface area (Å²) in [4.78, 5) is 21.6. The highest BCUT2D eigenvalue weighted by Gasteiger charge is 2.13. The molecule has 0 aliphatic heterocycles. The lowest BCUT2D eigenvalue weighted by Gasteiger charge is -2.13. The fourth-order valence-electron chi connectivity index (χ4n) is 1.14. The Morgan fingerprint density at radius 3 is 2.53 bits per heavy atom. The number of hydrogen-bond acceptors (Lipinski definition) is 3. The molecule has 6 nitrogen and oxygen atoms in total. The maximum absolute atomic E-state index is 11.3. The van der Waals surface area contributed by atoms with Crippen molar-refractivity contribution in [1.29, 1.82) is 0 Å². The topological polar surface area (TPSA) is 98.7 Å². The Morgan fingerprint density at radius 2 is 2.06 bits per heavy atom. The first kappa shape index (κ1) is 15.3. The highest BCUT2D eigenvalue weighted by atomic mass is 16.4. The van der Waals surface area contributed by atoms with Crippen molar-refractivity contribution in [1.82, 2.24) is 10.6 Å². The zero-order valence-electron chi connectivity index (χ0n) is 9.77. The van der Waals surface area contributed by atoms with Crippen molar-refractivity contribution in [2.75, 3.05) is 6.54 Å². The van der Waals surface area contributed by atoms with Crippen LogP contribution in [0.25, 0.3) is 0 Å². The minimum atomic E-state index is -1.46. The molecule has 0 bridgehead atoms. The molecule has 1 unspecified atom stereocenters.